The molecule has 9 nitrogen and oxygen atoms in total. The van der Waals surface area contributed by atoms with Gasteiger partial charge in [-0.15, -0.1) is 0 Å². The SMILES string of the molecule is CC[C@@H]1C=C(c2ccc(-c3cc(Oc4cnc(S(C)(=O)=O)cn4)cc(O[C@@H](C)COC)c3)[nH]2)NC1. The van der Waals surface area contributed by atoms with E-state index in [1.165, 1.54) is 12.4 Å². The normalized spacial score (nSPS) is 16.5. The van der Waals surface area contributed by atoms with Gasteiger partial charge in [-0.25, -0.2) is 18.4 Å². The van der Waals surface area contributed by atoms with E-state index in [0.29, 0.717) is 24.0 Å². The van der Waals surface area contributed by atoms with Gasteiger partial charge in [-0.05, 0) is 43.5 Å². The zero-order chi connectivity index (χ0) is 25.0. The van der Waals surface area contributed by atoms with Crippen molar-refractivity contribution in [1.82, 2.24) is 20.3 Å². The van der Waals surface area contributed by atoms with Crippen molar-refractivity contribution in [3.8, 4) is 28.6 Å². The Bertz CT molecular complexity index is 1300. The highest BCUT2D eigenvalue weighted by Crippen LogP contribution is 2.33. The van der Waals surface area contributed by atoms with Crippen molar-refractivity contribution in [3.63, 3.8) is 0 Å². The zero-order valence-corrected chi connectivity index (χ0v) is 21.1. The molecule has 4 rings (SSSR count). The molecular weight excluding hydrogens is 468 g/mol. The topological polar surface area (TPSA) is 115 Å². The molecule has 0 bridgehead atoms. The van der Waals surface area contributed by atoms with Crippen LogP contribution in [0.5, 0.6) is 17.4 Å². The summed E-state index contributed by atoms with van der Waals surface area (Å²) >= 11 is 0. The lowest BCUT2D eigenvalue weighted by Gasteiger charge is -2.16. The summed E-state index contributed by atoms with van der Waals surface area (Å²) < 4.78 is 40.4. The molecule has 0 unspecified atom stereocenters. The first-order chi connectivity index (χ1) is 16.7. The van der Waals surface area contributed by atoms with Crippen molar-refractivity contribution in [3.05, 3.63) is 54.5 Å². The molecular formula is C25H30N4O5S. The van der Waals surface area contributed by atoms with Crippen molar-refractivity contribution >= 4 is 15.5 Å². The minimum atomic E-state index is -3.45. The quantitative estimate of drug-likeness (QED) is 0.430. The van der Waals surface area contributed by atoms with Crippen LogP contribution in [0.2, 0.25) is 0 Å². The van der Waals surface area contributed by atoms with Crippen LogP contribution in [0.3, 0.4) is 0 Å². The van der Waals surface area contributed by atoms with Gasteiger partial charge < -0.3 is 24.5 Å². The molecule has 0 aliphatic carbocycles. The van der Waals surface area contributed by atoms with Gasteiger partial charge in [0.05, 0.1) is 30.4 Å². The first kappa shape index (κ1) is 24.7. The summed E-state index contributed by atoms with van der Waals surface area (Å²) in [6.07, 6.45) is 6.72. The fraction of sp³-hybridized carbons (Fsp3) is 0.360. The maximum absolute atomic E-state index is 11.7. The fourth-order valence-corrected chi connectivity index (χ4v) is 4.28. The number of H-pyrrole nitrogens is 1. The maximum atomic E-state index is 11.7. The predicted octanol–water partition coefficient (Wildman–Crippen LogP) is 4.05. The smallest absolute Gasteiger partial charge is 0.237 e. The predicted molar refractivity (Wildman–Crippen MR) is 133 cm³/mol. The molecule has 1 aliphatic rings. The van der Waals surface area contributed by atoms with Crippen LogP contribution in [0.4, 0.5) is 0 Å². The number of aromatic nitrogens is 3. The number of nitrogens with one attached hydrogen (secondary N) is 2. The van der Waals surface area contributed by atoms with E-state index in [-0.39, 0.29) is 17.0 Å². The van der Waals surface area contributed by atoms with Crippen LogP contribution in [0, 0.1) is 5.92 Å². The zero-order valence-electron chi connectivity index (χ0n) is 20.2. The van der Waals surface area contributed by atoms with Gasteiger partial charge >= 0.3 is 0 Å². The number of hydrogen-bond donors (Lipinski definition) is 2. The van der Waals surface area contributed by atoms with Gasteiger partial charge in [0.2, 0.25) is 5.88 Å². The number of benzene rings is 1. The molecule has 2 aromatic heterocycles. The van der Waals surface area contributed by atoms with Crippen molar-refractivity contribution in [1.29, 1.82) is 0 Å². The van der Waals surface area contributed by atoms with Crippen LogP contribution >= 0.6 is 0 Å². The standard InChI is InChI=1S/C25H30N4O5S/c1-5-17-8-23(26-12-17)22-7-6-21(29-22)18-9-19(33-16(2)15-32-3)11-20(10-18)34-24-13-28-25(14-27-24)35(4,30)31/h6-11,13-14,16-17,26,29H,5,12,15H2,1-4H3/t16-,17+/m0/s1. The van der Waals surface area contributed by atoms with Gasteiger partial charge in [0, 0.05) is 37.2 Å². The first-order valence-corrected chi connectivity index (χ1v) is 13.3. The van der Waals surface area contributed by atoms with Crippen molar-refractivity contribution in [2.45, 2.75) is 31.4 Å². The minimum absolute atomic E-state index is 0.116. The Morgan fingerprint density at radius 3 is 2.54 bits per heavy atom. The van der Waals surface area contributed by atoms with E-state index >= 15 is 0 Å². The fourth-order valence-electron chi connectivity index (χ4n) is 3.79. The molecule has 0 radical (unpaired) electrons. The van der Waals surface area contributed by atoms with Crippen LogP contribution in [-0.4, -0.2) is 56.0 Å². The molecule has 35 heavy (non-hydrogen) atoms. The van der Waals surface area contributed by atoms with E-state index in [0.717, 1.165) is 41.9 Å². The Morgan fingerprint density at radius 1 is 1.11 bits per heavy atom. The second-order valence-electron chi connectivity index (χ2n) is 8.56. The molecule has 0 spiro atoms. The number of sulfone groups is 1. The minimum Gasteiger partial charge on any atom is -0.488 e. The van der Waals surface area contributed by atoms with Gasteiger partial charge in [-0.1, -0.05) is 13.0 Å². The molecule has 3 aromatic rings. The summed E-state index contributed by atoms with van der Waals surface area (Å²) in [6, 6.07) is 9.60. The number of methoxy groups -OCH3 is 1. The number of ether oxygens (including phenoxy) is 3. The third kappa shape index (κ3) is 6.20. The average molecular weight is 499 g/mol. The first-order valence-electron chi connectivity index (χ1n) is 11.4. The number of hydrogen-bond acceptors (Lipinski definition) is 8. The molecule has 2 atom stereocenters. The van der Waals surface area contributed by atoms with Crippen molar-refractivity contribution in [2.75, 3.05) is 26.5 Å². The van der Waals surface area contributed by atoms with Crippen LogP contribution in [0.25, 0.3) is 17.0 Å². The van der Waals surface area contributed by atoms with E-state index in [1.54, 1.807) is 13.2 Å². The number of aromatic amines is 1. The molecule has 0 amide bonds. The van der Waals surface area contributed by atoms with Crippen LogP contribution in [0.15, 0.2) is 53.8 Å². The van der Waals surface area contributed by atoms with Crippen LogP contribution in [-0.2, 0) is 14.6 Å². The lowest BCUT2D eigenvalue weighted by Crippen LogP contribution is -2.17. The summed E-state index contributed by atoms with van der Waals surface area (Å²) in [5.74, 6) is 1.78. The highest BCUT2D eigenvalue weighted by molar-refractivity contribution is 7.90. The molecule has 1 aliphatic heterocycles. The third-order valence-electron chi connectivity index (χ3n) is 5.59. The molecule has 1 aromatic carbocycles. The van der Waals surface area contributed by atoms with Gasteiger partial charge in [0.15, 0.2) is 14.9 Å². The van der Waals surface area contributed by atoms with Gasteiger partial charge in [-0.3, -0.25) is 0 Å². The highest BCUT2D eigenvalue weighted by Gasteiger charge is 2.17. The lowest BCUT2D eigenvalue weighted by atomic mass is 10.1. The summed E-state index contributed by atoms with van der Waals surface area (Å²) in [7, 11) is -1.82. The third-order valence-corrected chi connectivity index (χ3v) is 6.56. The second kappa shape index (κ2) is 10.5. The number of nitrogens with zero attached hydrogens (tertiary/aromatic N) is 2. The van der Waals surface area contributed by atoms with Gasteiger partial charge in [-0.2, -0.15) is 0 Å². The Balaban J connectivity index is 1.63. The number of rotatable bonds is 10. The Labute approximate surface area is 205 Å². The van der Waals surface area contributed by atoms with E-state index in [4.69, 9.17) is 14.2 Å². The van der Waals surface area contributed by atoms with E-state index in [1.807, 2.05) is 31.2 Å². The maximum Gasteiger partial charge on any atom is 0.237 e. The van der Waals surface area contributed by atoms with Gasteiger partial charge in [0.1, 0.15) is 17.6 Å². The Hall–Kier alpha value is -3.37. The van der Waals surface area contributed by atoms with E-state index in [9.17, 15) is 8.42 Å². The summed E-state index contributed by atoms with van der Waals surface area (Å²) in [5, 5.41) is 3.34. The highest BCUT2D eigenvalue weighted by atomic mass is 32.2. The lowest BCUT2D eigenvalue weighted by molar-refractivity contribution is 0.0920. The largest absolute Gasteiger partial charge is 0.488 e. The van der Waals surface area contributed by atoms with Crippen LogP contribution < -0.4 is 14.8 Å². The van der Waals surface area contributed by atoms with E-state index < -0.39 is 9.84 Å². The molecule has 186 valence electrons. The Morgan fingerprint density at radius 2 is 1.89 bits per heavy atom. The molecule has 0 saturated heterocycles. The second-order valence-corrected chi connectivity index (χ2v) is 10.5. The summed E-state index contributed by atoms with van der Waals surface area (Å²) in [5.41, 5.74) is 3.87. The molecule has 3 heterocycles. The van der Waals surface area contributed by atoms with Gasteiger partial charge in [0.25, 0.3) is 0 Å². The summed E-state index contributed by atoms with van der Waals surface area (Å²) in [6.45, 7) is 5.48. The molecule has 0 saturated carbocycles. The summed E-state index contributed by atoms with van der Waals surface area (Å²) in [4.78, 5) is 11.5. The van der Waals surface area contributed by atoms with Crippen molar-refractivity contribution < 1.29 is 22.6 Å². The molecule has 10 heteroatoms. The van der Waals surface area contributed by atoms with Crippen molar-refractivity contribution in [2.24, 2.45) is 5.92 Å². The average Bonchev–Trinajstić information content (AvgIpc) is 3.48. The molecule has 0 fully saturated rings. The monoisotopic (exact) mass is 498 g/mol. The Kier molecular flexibility index (Phi) is 7.42. The van der Waals surface area contributed by atoms with Crippen LogP contribution in [0.1, 0.15) is 26.0 Å². The molecule has 2 N–H and O–H groups in total. The van der Waals surface area contributed by atoms with E-state index in [2.05, 4.69) is 33.3 Å².